The van der Waals surface area contributed by atoms with Crippen molar-refractivity contribution in [1.29, 1.82) is 0 Å². The molecule has 0 spiro atoms. The van der Waals surface area contributed by atoms with Crippen molar-refractivity contribution < 1.29 is 14.6 Å². The third kappa shape index (κ3) is 3.14. The van der Waals surface area contributed by atoms with E-state index in [2.05, 4.69) is 6.08 Å². The fraction of sp³-hybridized carbons (Fsp3) is 0.125. The van der Waals surface area contributed by atoms with Gasteiger partial charge in [-0.05, 0) is 17.2 Å². The van der Waals surface area contributed by atoms with Gasteiger partial charge in [0.1, 0.15) is 5.75 Å². The third-order valence-corrected chi connectivity index (χ3v) is 5.02. The van der Waals surface area contributed by atoms with Crippen LogP contribution in [0.1, 0.15) is 28.8 Å². The van der Waals surface area contributed by atoms with Crippen molar-refractivity contribution in [1.82, 2.24) is 0 Å². The van der Waals surface area contributed by atoms with Crippen LogP contribution >= 0.6 is 0 Å². The number of para-hydroxylation sites is 1. The number of hydrogen-bond donors (Lipinski definition) is 1. The molecule has 3 aromatic carbocycles. The van der Waals surface area contributed by atoms with Crippen molar-refractivity contribution >= 4 is 17.7 Å². The summed E-state index contributed by atoms with van der Waals surface area (Å²) in [7, 11) is 1.39. The number of methoxy groups -OCH3 is 1. The van der Waals surface area contributed by atoms with Gasteiger partial charge in [-0.3, -0.25) is 0 Å². The van der Waals surface area contributed by atoms with Crippen LogP contribution in [0.2, 0.25) is 0 Å². The zero-order valence-corrected chi connectivity index (χ0v) is 15.5. The highest BCUT2D eigenvalue weighted by molar-refractivity contribution is 5.87. The molecule has 1 aliphatic heterocycles. The van der Waals surface area contributed by atoms with E-state index in [1.54, 1.807) is 12.1 Å². The van der Waals surface area contributed by atoms with Gasteiger partial charge in [-0.15, -0.1) is 0 Å². The van der Waals surface area contributed by atoms with Gasteiger partial charge in [-0.25, -0.2) is 4.79 Å². The monoisotopic (exact) mass is 371 g/mol. The second kappa shape index (κ2) is 7.61. The van der Waals surface area contributed by atoms with Crippen LogP contribution in [-0.4, -0.2) is 18.2 Å². The Morgan fingerprint density at radius 2 is 1.64 bits per heavy atom. The Morgan fingerprint density at radius 3 is 2.32 bits per heavy atom. The molecule has 0 radical (unpaired) electrons. The van der Waals surface area contributed by atoms with Crippen molar-refractivity contribution in [2.75, 3.05) is 12.0 Å². The van der Waals surface area contributed by atoms with E-state index in [9.17, 15) is 9.90 Å². The number of aromatic hydroxyl groups is 1. The standard InChI is InChI=1S/C24H21NO3/c1-28-24(27)23(18-11-6-3-7-12-18)25-20(17-9-4-2-5-10-17)16-15-19-13-8-14-21(26)22(19)25/h2-16,20,23,26H,1H3/t20-,23+/m1/s1. The number of esters is 1. The molecule has 0 saturated carbocycles. The van der Waals surface area contributed by atoms with Crippen LogP contribution in [-0.2, 0) is 9.53 Å². The van der Waals surface area contributed by atoms with Gasteiger partial charge in [-0.2, -0.15) is 0 Å². The molecule has 2 atom stereocenters. The molecule has 1 N–H and O–H groups in total. The lowest BCUT2D eigenvalue weighted by molar-refractivity contribution is -0.142. The summed E-state index contributed by atoms with van der Waals surface area (Å²) in [5.41, 5.74) is 3.31. The Hall–Kier alpha value is -3.53. The lowest BCUT2D eigenvalue weighted by Gasteiger charge is -2.41. The third-order valence-electron chi connectivity index (χ3n) is 5.02. The lowest BCUT2D eigenvalue weighted by atomic mass is 9.92. The molecule has 0 fully saturated rings. The molecule has 140 valence electrons. The SMILES string of the molecule is COC(=O)[C@H](c1ccccc1)N1c2c(O)cccc2C=C[C@@H]1c1ccccc1. The molecule has 3 aromatic rings. The van der Waals surface area contributed by atoms with Gasteiger partial charge in [0.05, 0.1) is 18.8 Å². The first-order valence-electron chi connectivity index (χ1n) is 9.17. The summed E-state index contributed by atoms with van der Waals surface area (Å²) in [6.07, 6.45) is 4.04. The zero-order valence-electron chi connectivity index (χ0n) is 15.5. The van der Waals surface area contributed by atoms with Crippen LogP contribution in [0.5, 0.6) is 5.75 Å². The molecule has 4 rings (SSSR count). The van der Waals surface area contributed by atoms with Gasteiger partial charge in [0.25, 0.3) is 0 Å². The van der Waals surface area contributed by atoms with E-state index in [-0.39, 0.29) is 17.8 Å². The first-order valence-corrected chi connectivity index (χ1v) is 9.17. The molecule has 0 amide bonds. The highest BCUT2D eigenvalue weighted by Crippen LogP contribution is 2.46. The van der Waals surface area contributed by atoms with E-state index in [4.69, 9.17) is 4.74 Å². The fourth-order valence-electron chi connectivity index (χ4n) is 3.76. The van der Waals surface area contributed by atoms with Crippen LogP contribution < -0.4 is 4.90 Å². The van der Waals surface area contributed by atoms with E-state index in [0.717, 1.165) is 16.7 Å². The van der Waals surface area contributed by atoms with E-state index in [1.165, 1.54) is 7.11 Å². The second-order valence-corrected chi connectivity index (χ2v) is 6.67. The zero-order chi connectivity index (χ0) is 19.5. The number of phenols is 1. The number of ether oxygens (including phenoxy) is 1. The summed E-state index contributed by atoms with van der Waals surface area (Å²) >= 11 is 0. The van der Waals surface area contributed by atoms with Crippen LogP contribution in [0.25, 0.3) is 6.08 Å². The Balaban J connectivity index is 1.94. The van der Waals surface area contributed by atoms with Gasteiger partial charge in [0, 0.05) is 5.56 Å². The number of phenolic OH excluding ortho intramolecular Hbond substituents is 1. The maximum Gasteiger partial charge on any atom is 0.333 e. The lowest BCUT2D eigenvalue weighted by Crippen LogP contribution is -2.39. The molecule has 4 nitrogen and oxygen atoms in total. The number of anilines is 1. The Morgan fingerprint density at radius 1 is 0.964 bits per heavy atom. The number of hydrogen-bond acceptors (Lipinski definition) is 4. The molecule has 28 heavy (non-hydrogen) atoms. The van der Waals surface area contributed by atoms with Crippen molar-refractivity contribution in [3.63, 3.8) is 0 Å². The smallest absolute Gasteiger partial charge is 0.333 e. The van der Waals surface area contributed by atoms with Crippen molar-refractivity contribution in [2.24, 2.45) is 0 Å². The summed E-state index contributed by atoms with van der Waals surface area (Å²) < 4.78 is 5.17. The number of fused-ring (bicyclic) bond motifs is 1. The average Bonchev–Trinajstić information content (AvgIpc) is 2.75. The number of benzene rings is 3. The number of rotatable bonds is 4. The molecule has 0 bridgehead atoms. The van der Waals surface area contributed by atoms with E-state index in [0.29, 0.717) is 5.69 Å². The first kappa shape index (κ1) is 17.9. The van der Waals surface area contributed by atoms with Gasteiger partial charge >= 0.3 is 5.97 Å². The maximum absolute atomic E-state index is 12.9. The highest BCUT2D eigenvalue weighted by atomic mass is 16.5. The van der Waals surface area contributed by atoms with Gasteiger partial charge in [-0.1, -0.05) is 84.9 Å². The quantitative estimate of drug-likeness (QED) is 0.664. The molecule has 1 aliphatic rings. The molecular weight excluding hydrogens is 350 g/mol. The molecule has 0 saturated heterocycles. The molecule has 0 unspecified atom stereocenters. The molecular formula is C24H21NO3. The Bertz CT molecular complexity index is 999. The minimum absolute atomic E-state index is 0.132. The minimum atomic E-state index is -0.701. The second-order valence-electron chi connectivity index (χ2n) is 6.67. The molecule has 1 heterocycles. The molecule has 4 heteroatoms. The van der Waals surface area contributed by atoms with Crippen LogP contribution in [0.15, 0.2) is 84.9 Å². The van der Waals surface area contributed by atoms with Gasteiger partial charge in [0.2, 0.25) is 0 Å². The maximum atomic E-state index is 12.9. The van der Waals surface area contributed by atoms with Crippen LogP contribution in [0.4, 0.5) is 5.69 Å². The van der Waals surface area contributed by atoms with E-state index >= 15 is 0 Å². The normalized spacial score (nSPS) is 16.3. The predicted molar refractivity (Wildman–Crippen MR) is 110 cm³/mol. The average molecular weight is 371 g/mol. The Kier molecular flexibility index (Phi) is 4.85. The summed E-state index contributed by atoms with van der Waals surface area (Å²) in [4.78, 5) is 14.9. The van der Waals surface area contributed by atoms with Crippen molar-refractivity contribution in [2.45, 2.75) is 12.1 Å². The minimum Gasteiger partial charge on any atom is -0.506 e. The summed E-state index contributed by atoms with van der Waals surface area (Å²) in [5.74, 6) is -0.246. The van der Waals surface area contributed by atoms with E-state index in [1.807, 2.05) is 77.7 Å². The topological polar surface area (TPSA) is 49.8 Å². The summed E-state index contributed by atoms with van der Waals surface area (Å²) in [5, 5.41) is 10.7. The number of nitrogens with zero attached hydrogens (tertiary/aromatic N) is 1. The van der Waals surface area contributed by atoms with Crippen molar-refractivity contribution in [3.05, 3.63) is 102 Å². The number of carbonyl (C=O) groups is 1. The predicted octanol–water partition coefficient (Wildman–Crippen LogP) is 4.88. The van der Waals surface area contributed by atoms with E-state index < -0.39 is 6.04 Å². The molecule has 0 aliphatic carbocycles. The van der Waals surface area contributed by atoms with Gasteiger partial charge in [0.15, 0.2) is 6.04 Å². The Labute approximate surface area is 164 Å². The van der Waals surface area contributed by atoms with Crippen LogP contribution in [0, 0.1) is 0 Å². The largest absolute Gasteiger partial charge is 0.506 e. The van der Waals surface area contributed by atoms with Crippen molar-refractivity contribution in [3.8, 4) is 5.75 Å². The first-order chi connectivity index (χ1) is 13.7. The van der Waals surface area contributed by atoms with Crippen LogP contribution in [0.3, 0.4) is 0 Å². The highest BCUT2D eigenvalue weighted by Gasteiger charge is 2.37. The van der Waals surface area contributed by atoms with Gasteiger partial charge < -0.3 is 14.7 Å². The summed E-state index contributed by atoms with van der Waals surface area (Å²) in [6, 6.07) is 23.9. The molecule has 0 aromatic heterocycles. The summed E-state index contributed by atoms with van der Waals surface area (Å²) in [6.45, 7) is 0. The fourth-order valence-corrected chi connectivity index (χ4v) is 3.76. The number of carbonyl (C=O) groups excluding carboxylic acids is 1.